The Balaban J connectivity index is 1.88. The molecule has 100 valence electrons. The van der Waals surface area contributed by atoms with Gasteiger partial charge in [0, 0.05) is 30.9 Å². The van der Waals surface area contributed by atoms with E-state index in [4.69, 9.17) is 4.74 Å². The summed E-state index contributed by atoms with van der Waals surface area (Å²) >= 11 is 0. The second-order valence-corrected chi connectivity index (χ2v) is 4.14. The van der Waals surface area contributed by atoms with Gasteiger partial charge in [-0.2, -0.15) is 0 Å². The fraction of sp³-hybridized carbons (Fsp3) is 0.0714. The van der Waals surface area contributed by atoms with E-state index in [1.807, 2.05) is 0 Å². The van der Waals surface area contributed by atoms with Gasteiger partial charge in [0.05, 0.1) is 18.9 Å². The standard InChI is InChI=1S/C14H12N4O2/c1-20-12-4-5-15-8-11(12)17-14(19)10-2-3-13-16-6-7-18(13)9-10/h2-9H,1H3,(H,17,19). The quantitative estimate of drug-likeness (QED) is 0.788. The smallest absolute Gasteiger partial charge is 0.257 e. The van der Waals surface area contributed by atoms with Crippen molar-refractivity contribution in [1.82, 2.24) is 14.4 Å². The zero-order valence-corrected chi connectivity index (χ0v) is 10.8. The minimum absolute atomic E-state index is 0.230. The lowest BCUT2D eigenvalue weighted by Crippen LogP contribution is -2.13. The SMILES string of the molecule is COc1ccncc1NC(=O)c1ccc2nccn2c1. The number of nitrogens with zero attached hydrogens (tertiary/aromatic N) is 3. The predicted molar refractivity (Wildman–Crippen MR) is 73.9 cm³/mol. The maximum Gasteiger partial charge on any atom is 0.257 e. The molecule has 3 rings (SSSR count). The highest BCUT2D eigenvalue weighted by molar-refractivity contribution is 6.04. The van der Waals surface area contributed by atoms with Gasteiger partial charge in [0.25, 0.3) is 5.91 Å². The molecule has 3 aromatic heterocycles. The number of nitrogens with one attached hydrogen (secondary N) is 1. The number of hydrogen-bond acceptors (Lipinski definition) is 4. The van der Waals surface area contributed by atoms with Crippen molar-refractivity contribution < 1.29 is 9.53 Å². The summed E-state index contributed by atoms with van der Waals surface area (Å²) in [5.41, 5.74) is 1.85. The summed E-state index contributed by atoms with van der Waals surface area (Å²) in [6.45, 7) is 0. The first-order valence-electron chi connectivity index (χ1n) is 6.00. The zero-order chi connectivity index (χ0) is 13.9. The van der Waals surface area contributed by atoms with Gasteiger partial charge in [-0.3, -0.25) is 9.78 Å². The summed E-state index contributed by atoms with van der Waals surface area (Å²) in [6, 6.07) is 5.20. The van der Waals surface area contributed by atoms with Crippen LogP contribution in [0, 0.1) is 0 Å². The number of anilines is 1. The number of carbonyl (C=O) groups is 1. The van der Waals surface area contributed by atoms with Crippen LogP contribution in [-0.2, 0) is 0 Å². The molecule has 0 saturated carbocycles. The van der Waals surface area contributed by atoms with Gasteiger partial charge >= 0.3 is 0 Å². The lowest BCUT2D eigenvalue weighted by molar-refractivity contribution is 0.102. The third kappa shape index (κ3) is 2.18. The van der Waals surface area contributed by atoms with Crippen LogP contribution in [0.4, 0.5) is 5.69 Å². The van der Waals surface area contributed by atoms with Gasteiger partial charge in [-0.05, 0) is 12.1 Å². The molecular formula is C14H12N4O2. The topological polar surface area (TPSA) is 68.5 Å². The van der Waals surface area contributed by atoms with Crippen LogP contribution in [0.3, 0.4) is 0 Å². The highest BCUT2D eigenvalue weighted by Crippen LogP contribution is 2.22. The number of amides is 1. The van der Waals surface area contributed by atoms with E-state index in [2.05, 4.69) is 15.3 Å². The van der Waals surface area contributed by atoms with E-state index in [0.29, 0.717) is 17.0 Å². The first kappa shape index (κ1) is 12.2. The van der Waals surface area contributed by atoms with Crippen LogP contribution >= 0.6 is 0 Å². The zero-order valence-electron chi connectivity index (χ0n) is 10.8. The van der Waals surface area contributed by atoms with Crippen LogP contribution in [0.25, 0.3) is 5.65 Å². The van der Waals surface area contributed by atoms with Gasteiger partial charge in [0.2, 0.25) is 0 Å². The van der Waals surface area contributed by atoms with Gasteiger partial charge in [0.1, 0.15) is 17.1 Å². The molecule has 0 fully saturated rings. The molecule has 3 aromatic rings. The predicted octanol–water partition coefficient (Wildman–Crippen LogP) is 1.99. The van der Waals surface area contributed by atoms with Crippen LogP contribution in [0.2, 0.25) is 0 Å². The fourth-order valence-corrected chi connectivity index (χ4v) is 1.90. The number of carbonyl (C=O) groups excluding carboxylic acids is 1. The number of pyridine rings is 2. The molecule has 0 saturated heterocycles. The molecule has 0 radical (unpaired) electrons. The molecule has 1 amide bonds. The Morgan fingerprint density at radius 2 is 2.20 bits per heavy atom. The molecule has 0 aliphatic heterocycles. The summed E-state index contributed by atoms with van der Waals surface area (Å²) in [7, 11) is 1.54. The Bertz CT molecular complexity index is 766. The lowest BCUT2D eigenvalue weighted by atomic mass is 10.2. The summed E-state index contributed by atoms with van der Waals surface area (Å²) in [5.74, 6) is 0.337. The number of ether oxygens (including phenoxy) is 1. The van der Waals surface area contributed by atoms with Crippen molar-refractivity contribution in [3.8, 4) is 5.75 Å². The van der Waals surface area contributed by atoms with Crippen molar-refractivity contribution in [2.75, 3.05) is 12.4 Å². The molecule has 0 bridgehead atoms. The van der Waals surface area contributed by atoms with E-state index >= 15 is 0 Å². The van der Waals surface area contributed by atoms with Crippen molar-refractivity contribution in [3.05, 3.63) is 54.7 Å². The van der Waals surface area contributed by atoms with E-state index in [-0.39, 0.29) is 5.91 Å². The molecule has 0 aromatic carbocycles. The molecule has 0 unspecified atom stereocenters. The average molecular weight is 268 g/mol. The molecule has 0 aliphatic rings. The van der Waals surface area contributed by atoms with E-state index < -0.39 is 0 Å². The van der Waals surface area contributed by atoms with Crippen molar-refractivity contribution in [3.63, 3.8) is 0 Å². The summed E-state index contributed by atoms with van der Waals surface area (Å²) < 4.78 is 6.96. The summed E-state index contributed by atoms with van der Waals surface area (Å²) in [6.07, 6.45) is 8.34. The van der Waals surface area contributed by atoms with Crippen molar-refractivity contribution >= 4 is 17.2 Å². The van der Waals surface area contributed by atoms with Crippen LogP contribution < -0.4 is 10.1 Å². The van der Waals surface area contributed by atoms with E-state index in [9.17, 15) is 4.79 Å². The number of fused-ring (bicyclic) bond motifs is 1. The normalized spacial score (nSPS) is 10.4. The maximum absolute atomic E-state index is 12.2. The van der Waals surface area contributed by atoms with Crippen LogP contribution in [-0.4, -0.2) is 27.4 Å². The minimum Gasteiger partial charge on any atom is -0.494 e. The number of methoxy groups -OCH3 is 1. The number of rotatable bonds is 3. The van der Waals surface area contributed by atoms with Crippen LogP contribution in [0.15, 0.2) is 49.2 Å². The third-order valence-corrected chi connectivity index (χ3v) is 2.90. The molecule has 20 heavy (non-hydrogen) atoms. The fourth-order valence-electron chi connectivity index (χ4n) is 1.90. The highest BCUT2D eigenvalue weighted by atomic mass is 16.5. The molecule has 0 aliphatic carbocycles. The Morgan fingerprint density at radius 3 is 3.05 bits per heavy atom. The first-order chi connectivity index (χ1) is 9.78. The van der Waals surface area contributed by atoms with E-state index in [1.165, 1.54) is 0 Å². The van der Waals surface area contributed by atoms with Gasteiger partial charge < -0.3 is 14.5 Å². The second kappa shape index (κ2) is 5.00. The molecule has 6 heteroatoms. The van der Waals surface area contributed by atoms with E-state index in [1.54, 1.807) is 60.7 Å². The van der Waals surface area contributed by atoms with Gasteiger partial charge in [-0.1, -0.05) is 0 Å². The maximum atomic E-state index is 12.2. The Hall–Kier alpha value is -2.89. The summed E-state index contributed by atoms with van der Waals surface area (Å²) in [5, 5.41) is 2.77. The Morgan fingerprint density at radius 1 is 1.30 bits per heavy atom. The van der Waals surface area contributed by atoms with Crippen molar-refractivity contribution in [2.24, 2.45) is 0 Å². The lowest BCUT2D eigenvalue weighted by Gasteiger charge is -2.09. The Kier molecular flexibility index (Phi) is 3.04. The summed E-state index contributed by atoms with van der Waals surface area (Å²) in [4.78, 5) is 20.3. The monoisotopic (exact) mass is 268 g/mol. The highest BCUT2D eigenvalue weighted by Gasteiger charge is 2.10. The van der Waals surface area contributed by atoms with Gasteiger partial charge in [-0.15, -0.1) is 0 Å². The molecule has 3 heterocycles. The minimum atomic E-state index is -0.230. The van der Waals surface area contributed by atoms with Crippen molar-refractivity contribution in [2.45, 2.75) is 0 Å². The van der Waals surface area contributed by atoms with Gasteiger partial charge in [-0.25, -0.2) is 4.98 Å². The first-order valence-corrected chi connectivity index (χ1v) is 6.00. The molecule has 6 nitrogen and oxygen atoms in total. The van der Waals surface area contributed by atoms with E-state index in [0.717, 1.165) is 5.65 Å². The van der Waals surface area contributed by atoms with Crippen LogP contribution in [0.5, 0.6) is 5.75 Å². The molecular weight excluding hydrogens is 256 g/mol. The largest absolute Gasteiger partial charge is 0.494 e. The number of imidazole rings is 1. The average Bonchev–Trinajstić information content (AvgIpc) is 2.95. The third-order valence-electron chi connectivity index (χ3n) is 2.90. The van der Waals surface area contributed by atoms with Gasteiger partial charge in [0.15, 0.2) is 0 Å². The molecule has 1 N–H and O–H groups in total. The number of hydrogen-bond donors (Lipinski definition) is 1. The van der Waals surface area contributed by atoms with Crippen molar-refractivity contribution in [1.29, 1.82) is 0 Å². The Labute approximate surface area is 115 Å². The number of aromatic nitrogens is 3. The molecule has 0 atom stereocenters. The molecule has 0 spiro atoms. The van der Waals surface area contributed by atoms with Crippen LogP contribution in [0.1, 0.15) is 10.4 Å². The second-order valence-electron chi connectivity index (χ2n) is 4.14.